The van der Waals surface area contributed by atoms with Crippen molar-refractivity contribution in [2.24, 2.45) is 7.05 Å². The van der Waals surface area contributed by atoms with Crippen molar-refractivity contribution in [2.75, 3.05) is 6.54 Å². The zero-order valence-corrected chi connectivity index (χ0v) is 12.9. The monoisotopic (exact) mass is 301 g/mol. The van der Waals surface area contributed by atoms with Crippen molar-refractivity contribution >= 4 is 5.91 Å². The van der Waals surface area contributed by atoms with Crippen LogP contribution < -0.4 is 0 Å². The summed E-state index contributed by atoms with van der Waals surface area (Å²) in [6.45, 7) is 2.47. The van der Waals surface area contributed by atoms with E-state index < -0.39 is 5.82 Å². The third kappa shape index (κ3) is 2.63. The van der Waals surface area contributed by atoms with Gasteiger partial charge in [-0.05, 0) is 43.9 Å². The number of aryl methyl sites for hydroxylation is 2. The predicted molar refractivity (Wildman–Crippen MR) is 82.0 cm³/mol. The summed E-state index contributed by atoms with van der Waals surface area (Å²) >= 11 is 0. The van der Waals surface area contributed by atoms with E-state index in [9.17, 15) is 9.18 Å². The standard InChI is InChI=1S/C17H20FN3O/c1-12-6-7-13(14(18)9-12)17(22)21-8-4-3-5-15(21)16-10-19-11-20(16)2/h6-7,9-11,15H,3-5,8H2,1-2H3/t15-/m0/s1. The molecule has 0 radical (unpaired) electrons. The summed E-state index contributed by atoms with van der Waals surface area (Å²) in [5.41, 5.74) is 1.97. The molecule has 3 rings (SSSR count). The summed E-state index contributed by atoms with van der Waals surface area (Å²) < 4.78 is 16.1. The maximum absolute atomic E-state index is 14.1. The molecule has 0 spiro atoms. The molecule has 22 heavy (non-hydrogen) atoms. The van der Waals surface area contributed by atoms with E-state index in [1.54, 1.807) is 29.6 Å². The number of amides is 1. The minimum absolute atomic E-state index is 0.0329. The minimum Gasteiger partial charge on any atom is -0.336 e. The molecule has 5 heteroatoms. The van der Waals surface area contributed by atoms with E-state index in [-0.39, 0.29) is 17.5 Å². The number of nitrogens with zero attached hydrogens (tertiary/aromatic N) is 3. The number of rotatable bonds is 2. The average molecular weight is 301 g/mol. The molecule has 1 fully saturated rings. The molecule has 1 atom stereocenters. The number of benzene rings is 1. The zero-order valence-electron chi connectivity index (χ0n) is 12.9. The molecule has 2 heterocycles. The van der Waals surface area contributed by atoms with Gasteiger partial charge in [0.15, 0.2) is 0 Å². The van der Waals surface area contributed by atoms with Crippen molar-refractivity contribution in [1.82, 2.24) is 14.5 Å². The SMILES string of the molecule is Cc1ccc(C(=O)N2CCCC[C@H]2c2cncn2C)c(F)c1. The molecular formula is C17H20FN3O. The van der Waals surface area contributed by atoms with E-state index in [0.29, 0.717) is 6.54 Å². The van der Waals surface area contributed by atoms with Crippen molar-refractivity contribution < 1.29 is 9.18 Å². The van der Waals surface area contributed by atoms with Crippen LogP contribution in [0.25, 0.3) is 0 Å². The van der Waals surface area contributed by atoms with Crippen molar-refractivity contribution in [1.29, 1.82) is 0 Å². The van der Waals surface area contributed by atoms with E-state index in [2.05, 4.69) is 4.98 Å². The number of carbonyl (C=O) groups excluding carboxylic acids is 1. The Labute approximate surface area is 129 Å². The van der Waals surface area contributed by atoms with E-state index >= 15 is 0 Å². The number of carbonyl (C=O) groups is 1. The Kier molecular flexibility index (Phi) is 3.96. The van der Waals surface area contributed by atoms with Gasteiger partial charge in [-0.15, -0.1) is 0 Å². The highest BCUT2D eigenvalue weighted by atomic mass is 19.1. The average Bonchev–Trinajstić information content (AvgIpc) is 2.93. The molecule has 116 valence electrons. The number of imidazole rings is 1. The van der Waals surface area contributed by atoms with Crippen LogP contribution in [0.2, 0.25) is 0 Å². The van der Waals surface area contributed by atoms with Crippen LogP contribution in [0.3, 0.4) is 0 Å². The predicted octanol–water partition coefficient (Wildman–Crippen LogP) is 3.24. The summed E-state index contributed by atoms with van der Waals surface area (Å²) in [6.07, 6.45) is 6.43. The molecule has 1 aliphatic heterocycles. The molecule has 0 unspecified atom stereocenters. The first-order chi connectivity index (χ1) is 10.6. The highest BCUT2D eigenvalue weighted by Crippen LogP contribution is 2.32. The fourth-order valence-electron chi connectivity index (χ4n) is 3.12. The molecule has 1 aliphatic rings. The molecule has 1 aromatic heterocycles. The van der Waals surface area contributed by atoms with Crippen molar-refractivity contribution in [3.8, 4) is 0 Å². The summed E-state index contributed by atoms with van der Waals surface area (Å²) in [7, 11) is 1.92. The fraction of sp³-hybridized carbons (Fsp3) is 0.412. The van der Waals surface area contributed by atoms with Crippen LogP contribution in [0, 0.1) is 12.7 Å². The molecule has 4 nitrogen and oxygen atoms in total. The number of halogens is 1. The topological polar surface area (TPSA) is 38.1 Å². The molecule has 1 aromatic carbocycles. The second-order valence-electron chi connectivity index (χ2n) is 5.92. The van der Waals surface area contributed by atoms with Crippen molar-refractivity contribution in [3.63, 3.8) is 0 Å². The minimum atomic E-state index is -0.445. The number of aromatic nitrogens is 2. The van der Waals surface area contributed by atoms with E-state index in [4.69, 9.17) is 0 Å². The van der Waals surface area contributed by atoms with Gasteiger partial charge in [0.25, 0.3) is 5.91 Å². The molecule has 0 bridgehead atoms. The Morgan fingerprint density at radius 1 is 1.36 bits per heavy atom. The molecule has 0 aliphatic carbocycles. The lowest BCUT2D eigenvalue weighted by atomic mass is 9.98. The third-order valence-electron chi connectivity index (χ3n) is 4.31. The number of hydrogen-bond donors (Lipinski definition) is 0. The quantitative estimate of drug-likeness (QED) is 0.854. The van der Waals surface area contributed by atoms with E-state index in [1.165, 1.54) is 6.07 Å². The second kappa shape index (κ2) is 5.91. The first-order valence-corrected chi connectivity index (χ1v) is 7.61. The molecule has 1 amide bonds. The molecule has 2 aromatic rings. The Hall–Kier alpha value is -2.17. The van der Waals surface area contributed by atoms with Crippen LogP contribution in [-0.2, 0) is 7.05 Å². The molecule has 0 saturated carbocycles. The van der Waals surface area contributed by atoms with Crippen molar-refractivity contribution in [3.05, 3.63) is 53.4 Å². The van der Waals surface area contributed by atoms with E-state index in [0.717, 1.165) is 30.5 Å². The Morgan fingerprint density at radius 2 is 2.18 bits per heavy atom. The van der Waals surface area contributed by atoms with Crippen molar-refractivity contribution in [2.45, 2.75) is 32.2 Å². The van der Waals surface area contributed by atoms with Crippen LogP contribution in [0.15, 0.2) is 30.7 Å². The van der Waals surface area contributed by atoms with Crippen LogP contribution in [0.1, 0.15) is 46.9 Å². The van der Waals surface area contributed by atoms with Crippen LogP contribution >= 0.6 is 0 Å². The zero-order chi connectivity index (χ0) is 15.7. The fourth-order valence-corrected chi connectivity index (χ4v) is 3.12. The van der Waals surface area contributed by atoms with E-state index in [1.807, 2.05) is 18.5 Å². The van der Waals surface area contributed by atoms with Gasteiger partial charge < -0.3 is 9.47 Å². The summed E-state index contributed by atoms with van der Waals surface area (Å²) in [5.74, 6) is -0.678. The lowest BCUT2D eigenvalue weighted by Gasteiger charge is -2.36. The van der Waals surface area contributed by atoms with Gasteiger partial charge in [-0.2, -0.15) is 0 Å². The largest absolute Gasteiger partial charge is 0.336 e. The first-order valence-electron chi connectivity index (χ1n) is 7.61. The summed E-state index contributed by atoms with van der Waals surface area (Å²) in [6, 6.07) is 4.74. The lowest BCUT2D eigenvalue weighted by molar-refractivity contribution is 0.0597. The first kappa shape index (κ1) is 14.8. The summed E-state index contributed by atoms with van der Waals surface area (Å²) in [4.78, 5) is 18.7. The van der Waals surface area contributed by atoms with Gasteiger partial charge in [0.1, 0.15) is 5.82 Å². The number of piperidine rings is 1. The lowest BCUT2D eigenvalue weighted by Crippen LogP contribution is -2.39. The van der Waals surface area contributed by atoms with Gasteiger partial charge in [0, 0.05) is 13.6 Å². The van der Waals surface area contributed by atoms with Gasteiger partial charge in [0.05, 0.1) is 29.8 Å². The van der Waals surface area contributed by atoms with Gasteiger partial charge in [0.2, 0.25) is 0 Å². The maximum Gasteiger partial charge on any atom is 0.257 e. The normalized spacial score (nSPS) is 18.5. The third-order valence-corrected chi connectivity index (χ3v) is 4.31. The van der Waals surface area contributed by atoms with Crippen LogP contribution in [-0.4, -0.2) is 26.9 Å². The van der Waals surface area contributed by atoms with Gasteiger partial charge in [-0.3, -0.25) is 4.79 Å². The van der Waals surface area contributed by atoms with Crippen LogP contribution in [0.4, 0.5) is 4.39 Å². The molecule has 1 saturated heterocycles. The second-order valence-corrected chi connectivity index (χ2v) is 5.92. The summed E-state index contributed by atoms with van der Waals surface area (Å²) in [5, 5.41) is 0. The number of hydrogen-bond acceptors (Lipinski definition) is 2. The van der Waals surface area contributed by atoms with Gasteiger partial charge in [-0.1, -0.05) is 6.07 Å². The van der Waals surface area contributed by atoms with Crippen LogP contribution in [0.5, 0.6) is 0 Å². The molecular weight excluding hydrogens is 281 g/mol. The highest BCUT2D eigenvalue weighted by molar-refractivity contribution is 5.94. The smallest absolute Gasteiger partial charge is 0.257 e. The highest BCUT2D eigenvalue weighted by Gasteiger charge is 2.31. The maximum atomic E-state index is 14.1. The molecule has 0 N–H and O–H groups in total. The number of likely N-dealkylation sites (tertiary alicyclic amines) is 1. The van der Waals surface area contributed by atoms with Gasteiger partial charge in [-0.25, -0.2) is 9.37 Å². The Bertz CT molecular complexity index is 695. The van der Waals surface area contributed by atoms with Gasteiger partial charge >= 0.3 is 0 Å². The Morgan fingerprint density at radius 3 is 2.86 bits per heavy atom. The Balaban J connectivity index is 1.93.